The molecule has 196 valence electrons. The number of aromatic hydroxyl groups is 1. The molecule has 12 nitrogen and oxygen atoms in total. The second-order valence-electron chi connectivity index (χ2n) is 8.45. The van der Waals surface area contributed by atoms with E-state index in [9.17, 15) is 35.4 Å². The molecule has 0 radical (unpaired) electrons. The van der Waals surface area contributed by atoms with Gasteiger partial charge in [-0.1, -0.05) is 19.4 Å². The van der Waals surface area contributed by atoms with Crippen molar-refractivity contribution in [2.75, 3.05) is 19.8 Å². The van der Waals surface area contributed by atoms with Gasteiger partial charge in [-0.25, -0.2) is 4.79 Å². The van der Waals surface area contributed by atoms with Gasteiger partial charge in [0, 0.05) is 6.08 Å². The van der Waals surface area contributed by atoms with E-state index >= 15 is 0 Å². The molecule has 0 aliphatic carbocycles. The average Bonchev–Trinajstić information content (AvgIpc) is 3.12. The van der Waals surface area contributed by atoms with Gasteiger partial charge in [-0.3, -0.25) is 0 Å². The van der Waals surface area contributed by atoms with Crippen LogP contribution in [0.2, 0.25) is 0 Å². The van der Waals surface area contributed by atoms with Gasteiger partial charge in [0.25, 0.3) is 0 Å². The minimum atomic E-state index is -1.99. The number of rotatable bonds is 10. The maximum absolute atomic E-state index is 11.8. The molecule has 1 aromatic carbocycles. The van der Waals surface area contributed by atoms with E-state index in [0.29, 0.717) is 6.42 Å². The summed E-state index contributed by atoms with van der Waals surface area (Å²) in [6.07, 6.45) is -5.99. The molecule has 0 spiro atoms. The van der Waals surface area contributed by atoms with Crippen LogP contribution in [0.3, 0.4) is 0 Å². The van der Waals surface area contributed by atoms with Gasteiger partial charge < -0.3 is 54.3 Å². The molecule has 2 fully saturated rings. The van der Waals surface area contributed by atoms with Crippen molar-refractivity contribution in [3.63, 3.8) is 0 Å². The Balaban J connectivity index is 1.68. The first-order chi connectivity index (χ1) is 16.7. The highest BCUT2D eigenvalue weighted by Crippen LogP contribution is 2.32. The van der Waals surface area contributed by atoms with Crippen LogP contribution in [-0.2, 0) is 23.7 Å². The van der Waals surface area contributed by atoms with Crippen molar-refractivity contribution in [3.8, 4) is 11.5 Å². The lowest BCUT2D eigenvalue weighted by Gasteiger charge is -2.42. The number of carbonyl (C=O) groups is 1. The molecule has 35 heavy (non-hydrogen) atoms. The fraction of sp³-hybridized carbons (Fsp3) is 0.609. The van der Waals surface area contributed by atoms with Gasteiger partial charge in [0.05, 0.1) is 13.2 Å². The zero-order valence-corrected chi connectivity index (χ0v) is 19.2. The Labute approximate surface area is 201 Å². The summed E-state index contributed by atoms with van der Waals surface area (Å²) in [6.45, 7) is 0.304. The molecular weight excluding hydrogens is 468 g/mol. The number of aliphatic hydroxyl groups is 5. The van der Waals surface area contributed by atoms with Crippen LogP contribution >= 0.6 is 0 Å². The maximum atomic E-state index is 11.8. The summed E-state index contributed by atoms with van der Waals surface area (Å²) in [7, 11) is 0. The standard InChI is InChI=1S/C23H32O12/c1-2-3-4-5-16(26)31-11-23(30)12-32-22(20(23)29)35-19-18(28)17(27)15(10-24)34-21(19)33-14-8-6-13(25)7-9-14/h4-9,15,17-22,24-25,27-30H,2-3,10-12H2,1H3/t15-,17-,18+,19-,20-,21-,22-,23+/m0/s1. The number of phenols is 1. The summed E-state index contributed by atoms with van der Waals surface area (Å²) in [4.78, 5) is 11.8. The van der Waals surface area contributed by atoms with E-state index in [1.165, 1.54) is 30.3 Å². The summed E-state index contributed by atoms with van der Waals surface area (Å²) in [5, 5.41) is 61.2. The summed E-state index contributed by atoms with van der Waals surface area (Å²) >= 11 is 0. The Hall–Kier alpha value is -2.29. The van der Waals surface area contributed by atoms with Gasteiger partial charge in [0.15, 0.2) is 18.0 Å². The predicted molar refractivity (Wildman–Crippen MR) is 117 cm³/mol. The Morgan fingerprint density at radius 2 is 1.89 bits per heavy atom. The topological polar surface area (TPSA) is 185 Å². The quantitative estimate of drug-likeness (QED) is 0.169. The van der Waals surface area contributed by atoms with Crippen LogP contribution in [0, 0.1) is 0 Å². The third-order valence-corrected chi connectivity index (χ3v) is 5.68. The Morgan fingerprint density at radius 1 is 1.17 bits per heavy atom. The molecule has 2 aliphatic rings. The Morgan fingerprint density at radius 3 is 2.54 bits per heavy atom. The van der Waals surface area contributed by atoms with Crippen LogP contribution in [0.15, 0.2) is 36.4 Å². The molecule has 2 saturated heterocycles. The van der Waals surface area contributed by atoms with Crippen LogP contribution < -0.4 is 4.74 Å². The number of aliphatic hydroxyl groups excluding tert-OH is 4. The Bertz CT molecular complexity index is 845. The zero-order valence-electron chi connectivity index (χ0n) is 19.2. The molecule has 0 saturated carbocycles. The van der Waals surface area contributed by atoms with Crippen molar-refractivity contribution < 1.29 is 59.1 Å². The highest BCUT2D eigenvalue weighted by atomic mass is 16.8. The van der Waals surface area contributed by atoms with Crippen molar-refractivity contribution in [1.82, 2.24) is 0 Å². The number of benzene rings is 1. The van der Waals surface area contributed by atoms with Crippen molar-refractivity contribution in [2.24, 2.45) is 0 Å². The SMILES string of the molecule is CCCC=CC(=O)OC[C@@]1(O)CO[C@@H](O[C@@H]2[C@@H](Oc3ccc(O)cc3)O[C@@H](CO)[C@H](O)[C@H]2O)[C@@H]1O. The van der Waals surface area contributed by atoms with Gasteiger partial charge in [-0.2, -0.15) is 0 Å². The predicted octanol–water partition coefficient (Wildman–Crippen LogP) is -1.06. The van der Waals surface area contributed by atoms with Crippen molar-refractivity contribution in [1.29, 1.82) is 0 Å². The van der Waals surface area contributed by atoms with E-state index in [-0.39, 0.29) is 11.5 Å². The third-order valence-electron chi connectivity index (χ3n) is 5.68. The molecule has 6 N–H and O–H groups in total. The first-order valence-electron chi connectivity index (χ1n) is 11.3. The lowest BCUT2D eigenvalue weighted by atomic mass is 9.98. The van der Waals surface area contributed by atoms with Crippen LogP contribution in [0.1, 0.15) is 19.8 Å². The van der Waals surface area contributed by atoms with Gasteiger partial charge in [-0.05, 0) is 30.7 Å². The maximum Gasteiger partial charge on any atom is 0.330 e. The highest BCUT2D eigenvalue weighted by molar-refractivity contribution is 5.81. The first-order valence-corrected chi connectivity index (χ1v) is 11.3. The largest absolute Gasteiger partial charge is 0.508 e. The van der Waals surface area contributed by atoms with Crippen LogP contribution in [-0.4, -0.2) is 105 Å². The Kier molecular flexibility index (Phi) is 9.44. The normalized spacial score (nSPS) is 35.3. The molecule has 0 bridgehead atoms. The van der Waals surface area contributed by atoms with Gasteiger partial charge >= 0.3 is 5.97 Å². The first kappa shape index (κ1) is 27.3. The van der Waals surface area contributed by atoms with Crippen molar-refractivity contribution >= 4 is 5.97 Å². The molecule has 8 atom stereocenters. The van der Waals surface area contributed by atoms with E-state index in [1.54, 1.807) is 6.08 Å². The van der Waals surface area contributed by atoms with Crippen molar-refractivity contribution in [2.45, 2.75) is 68.5 Å². The summed E-state index contributed by atoms with van der Waals surface area (Å²) < 4.78 is 27.2. The molecule has 12 heteroatoms. The number of allylic oxidation sites excluding steroid dienone is 1. The molecular formula is C23H32O12. The second-order valence-corrected chi connectivity index (χ2v) is 8.45. The van der Waals surface area contributed by atoms with Gasteiger partial charge in [-0.15, -0.1) is 0 Å². The molecule has 0 amide bonds. The number of phenolic OH excluding ortho intramolecular Hbond substituents is 1. The fourth-order valence-corrected chi connectivity index (χ4v) is 3.60. The molecule has 0 aromatic heterocycles. The number of carbonyl (C=O) groups excluding carboxylic acids is 1. The monoisotopic (exact) mass is 500 g/mol. The van der Waals surface area contributed by atoms with E-state index in [4.69, 9.17) is 23.7 Å². The third kappa shape index (κ3) is 6.68. The fourth-order valence-electron chi connectivity index (χ4n) is 3.60. The summed E-state index contributed by atoms with van der Waals surface area (Å²) in [5.41, 5.74) is -1.99. The average molecular weight is 500 g/mol. The molecule has 1 aromatic rings. The molecule has 3 rings (SSSR count). The van der Waals surface area contributed by atoms with Gasteiger partial charge in [0.1, 0.15) is 42.5 Å². The lowest BCUT2D eigenvalue weighted by Crippen LogP contribution is -2.62. The van der Waals surface area contributed by atoms with Crippen molar-refractivity contribution in [3.05, 3.63) is 36.4 Å². The van der Waals surface area contributed by atoms with Crippen LogP contribution in [0.5, 0.6) is 11.5 Å². The van der Waals surface area contributed by atoms with Gasteiger partial charge in [0.2, 0.25) is 6.29 Å². The second kappa shape index (κ2) is 12.1. The van der Waals surface area contributed by atoms with E-state index in [2.05, 4.69) is 0 Å². The number of hydrogen-bond acceptors (Lipinski definition) is 12. The number of ether oxygens (including phenoxy) is 5. The molecule has 2 heterocycles. The zero-order chi connectivity index (χ0) is 25.6. The minimum Gasteiger partial charge on any atom is -0.508 e. The van der Waals surface area contributed by atoms with E-state index in [0.717, 1.165) is 6.42 Å². The highest BCUT2D eigenvalue weighted by Gasteiger charge is 2.54. The number of unbranched alkanes of at least 4 members (excludes halogenated alkanes) is 1. The van der Waals surface area contributed by atoms with Crippen LogP contribution in [0.4, 0.5) is 0 Å². The van der Waals surface area contributed by atoms with Crippen LogP contribution in [0.25, 0.3) is 0 Å². The smallest absolute Gasteiger partial charge is 0.330 e. The molecule has 2 aliphatic heterocycles. The number of esters is 1. The lowest BCUT2D eigenvalue weighted by molar-refractivity contribution is -0.318. The number of hydrogen-bond donors (Lipinski definition) is 6. The van der Waals surface area contributed by atoms with E-state index < -0.39 is 74.5 Å². The summed E-state index contributed by atoms with van der Waals surface area (Å²) in [6, 6.07) is 5.55. The molecule has 0 unspecified atom stereocenters. The van der Waals surface area contributed by atoms with E-state index in [1.807, 2.05) is 6.92 Å². The summed E-state index contributed by atoms with van der Waals surface area (Å²) in [5.74, 6) is -0.490. The minimum absolute atomic E-state index is 0.0123.